The molecule has 0 saturated heterocycles. The number of unbranched alkanes of at least 4 members (excludes halogenated alkanes) is 3. The summed E-state index contributed by atoms with van der Waals surface area (Å²) in [4.78, 5) is 0. The van der Waals surface area contributed by atoms with E-state index in [1.807, 2.05) is 0 Å². The molecule has 0 amide bonds. The summed E-state index contributed by atoms with van der Waals surface area (Å²) in [7, 11) is 0. The lowest BCUT2D eigenvalue weighted by atomic mass is 9.77. The fourth-order valence-electron chi connectivity index (χ4n) is 5.05. The molecule has 0 N–H and O–H groups in total. The van der Waals surface area contributed by atoms with Gasteiger partial charge in [-0.15, -0.1) is 0 Å². The summed E-state index contributed by atoms with van der Waals surface area (Å²) >= 11 is 2.42. The van der Waals surface area contributed by atoms with Gasteiger partial charge in [0.15, 0.2) is 0 Å². The highest BCUT2D eigenvalue weighted by atomic mass is 127. The Balaban J connectivity index is 1.56. The molecule has 1 atom stereocenters. The average Bonchev–Trinajstić information content (AvgIpc) is 2.79. The molecule has 0 bridgehead atoms. The average molecular weight is 533 g/mol. The molecule has 1 nitrogen and oxygen atoms in total. The molecular formula is C29H41IO. The highest BCUT2D eigenvalue weighted by Crippen LogP contribution is 2.38. The minimum Gasteiger partial charge on any atom is -0.490 e. The summed E-state index contributed by atoms with van der Waals surface area (Å²) in [6.07, 6.45) is 14.9. The van der Waals surface area contributed by atoms with Crippen molar-refractivity contribution in [1.29, 1.82) is 0 Å². The maximum atomic E-state index is 6.23. The molecule has 0 aliphatic heterocycles. The van der Waals surface area contributed by atoms with Crippen LogP contribution in [0.1, 0.15) is 103 Å². The Labute approximate surface area is 204 Å². The molecule has 1 saturated carbocycles. The molecule has 170 valence electrons. The van der Waals surface area contributed by atoms with Gasteiger partial charge in [0.1, 0.15) is 5.75 Å². The quantitative estimate of drug-likeness (QED) is 0.207. The normalized spacial score (nSPS) is 19.9. The van der Waals surface area contributed by atoms with Crippen LogP contribution >= 0.6 is 22.6 Å². The monoisotopic (exact) mass is 532 g/mol. The molecule has 31 heavy (non-hydrogen) atoms. The Hall–Kier alpha value is -1.03. The third kappa shape index (κ3) is 7.51. The van der Waals surface area contributed by atoms with E-state index in [9.17, 15) is 0 Å². The predicted molar refractivity (Wildman–Crippen MR) is 143 cm³/mol. The van der Waals surface area contributed by atoms with Gasteiger partial charge in [-0.05, 0) is 109 Å². The van der Waals surface area contributed by atoms with E-state index in [4.69, 9.17) is 4.74 Å². The van der Waals surface area contributed by atoms with E-state index < -0.39 is 0 Å². The molecule has 2 aromatic rings. The van der Waals surface area contributed by atoms with E-state index in [1.54, 1.807) is 0 Å². The first kappa shape index (κ1) is 24.6. The van der Waals surface area contributed by atoms with Gasteiger partial charge in [0, 0.05) is 0 Å². The molecule has 1 unspecified atom stereocenters. The molecule has 1 aliphatic carbocycles. The third-order valence-electron chi connectivity index (χ3n) is 6.98. The second-order valence-electron chi connectivity index (χ2n) is 9.55. The number of halogens is 1. The van der Waals surface area contributed by atoms with Gasteiger partial charge in [-0.1, -0.05) is 76.3 Å². The van der Waals surface area contributed by atoms with Crippen LogP contribution in [-0.4, -0.2) is 6.10 Å². The van der Waals surface area contributed by atoms with Crippen molar-refractivity contribution >= 4 is 22.6 Å². The van der Waals surface area contributed by atoms with Crippen LogP contribution in [0.25, 0.3) is 11.1 Å². The van der Waals surface area contributed by atoms with Gasteiger partial charge in [-0.25, -0.2) is 0 Å². The molecule has 0 heterocycles. The first-order valence-corrected chi connectivity index (χ1v) is 13.7. The summed E-state index contributed by atoms with van der Waals surface area (Å²) in [5.41, 5.74) is 4.12. The number of hydrogen-bond acceptors (Lipinski definition) is 1. The fourth-order valence-corrected chi connectivity index (χ4v) is 5.69. The predicted octanol–water partition coefficient (Wildman–Crippen LogP) is 9.77. The second-order valence-corrected chi connectivity index (χ2v) is 10.7. The van der Waals surface area contributed by atoms with Crippen LogP contribution in [0.3, 0.4) is 0 Å². The molecule has 0 aromatic heterocycles. The Kier molecular flexibility index (Phi) is 10.2. The van der Waals surface area contributed by atoms with Crippen molar-refractivity contribution in [3.8, 4) is 16.9 Å². The van der Waals surface area contributed by atoms with Crippen LogP contribution in [-0.2, 0) is 0 Å². The SMILES string of the molecule is CCCCCCC(C)Oc1ccc(-c2ccc(C3CCC(CCC)CC3)cc2)cc1I. The van der Waals surface area contributed by atoms with Gasteiger partial charge in [0.2, 0.25) is 0 Å². The van der Waals surface area contributed by atoms with Gasteiger partial charge in [0.05, 0.1) is 9.67 Å². The molecule has 0 spiro atoms. The zero-order valence-electron chi connectivity index (χ0n) is 19.8. The fraction of sp³-hybridized carbons (Fsp3) is 0.586. The summed E-state index contributed by atoms with van der Waals surface area (Å²) in [6, 6.07) is 16.0. The maximum Gasteiger partial charge on any atom is 0.133 e. The summed E-state index contributed by atoms with van der Waals surface area (Å²) in [6.45, 7) is 6.78. The minimum absolute atomic E-state index is 0.280. The number of rotatable bonds is 11. The Morgan fingerprint density at radius 2 is 1.58 bits per heavy atom. The molecule has 2 aromatic carbocycles. The number of hydrogen-bond donors (Lipinski definition) is 0. The van der Waals surface area contributed by atoms with E-state index in [0.29, 0.717) is 0 Å². The lowest BCUT2D eigenvalue weighted by Gasteiger charge is -2.28. The molecule has 0 radical (unpaired) electrons. The molecule has 1 fully saturated rings. The Morgan fingerprint density at radius 3 is 2.23 bits per heavy atom. The van der Waals surface area contributed by atoms with Crippen molar-refractivity contribution in [1.82, 2.24) is 0 Å². The molecule has 2 heteroatoms. The highest BCUT2D eigenvalue weighted by molar-refractivity contribution is 14.1. The van der Waals surface area contributed by atoms with E-state index in [1.165, 1.54) is 84.5 Å². The second kappa shape index (κ2) is 12.9. The maximum absolute atomic E-state index is 6.23. The van der Waals surface area contributed by atoms with Crippen LogP contribution in [0.2, 0.25) is 0 Å². The first-order chi connectivity index (χ1) is 15.1. The van der Waals surface area contributed by atoms with Crippen molar-refractivity contribution in [2.24, 2.45) is 5.92 Å². The van der Waals surface area contributed by atoms with Crippen molar-refractivity contribution in [2.75, 3.05) is 0 Å². The van der Waals surface area contributed by atoms with Gasteiger partial charge < -0.3 is 4.74 Å². The van der Waals surface area contributed by atoms with E-state index in [2.05, 4.69) is 85.8 Å². The van der Waals surface area contributed by atoms with Crippen molar-refractivity contribution in [3.63, 3.8) is 0 Å². The summed E-state index contributed by atoms with van der Waals surface area (Å²) in [5, 5.41) is 0. The van der Waals surface area contributed by atoms with E-state index >= 15 is 0 Å². The van der Waals surface area contributed by atoms with Crippen LogP contribution in [0.4, 0.5) is 0 Å². The highest BCUT2D eigenvalue weighted by Gasteiger charge is 2.21. The Morgan fingerprint density at radius 1 is 0.871 bits per heavy atom. The van der Waals surface area contributed by atoms with Gasteiger partial charge >= 0.3 is 0 Å². The lowest BCUT2D eigenvalue weighted by molar-refractivity contribution is 0.205. The topological polar surface area (TPSA) is 9.23 Å². The van der Waals surface area contributed by atoms with E-state index in [-0.39, 0.29) is 6.10 Å². The standard InChI is InChI=1S/C29H41IO/c1-4-6-7-8-10-22(3)31-29-20-19-27(21-28(29)30)26-17-15-25(16-18-26)24-13-11-23(9-5-2)12-14-24/h15-24H,4-14H2,1-3H3. The van der Waals surface area contributed by atoms with Crippen LogP contribution in [0, 0.1) is 9.49 Å². The smallest absolute Gasteiger partial charge is 0.133 e. The molecular weight excluding hydrogens is 491 g/mol. The summed E-state index contributed by atoms with van der Waals surface area (Å²) < 4.78 is 7.44. The Bertz CT molecular complexity index is 774. The number of benzene rings is 2. The minimum atomic E-state index is 0.280. The third-order valence-corrected chi connectivity index (χ3v) is 7.83. The van der Waals surface area contributed by atoms with Gasteiger partial charge in [0.25, 0.3) is 0 Å². The first-order valence-electron chi connectivity index (χ1n) is 12.7. The summed E-state index contributed by atoms with van der Waals surface area (Å²) in [5.74, 6) is 2.76. The van der Waals surface area contributed by atoms with Crippen LogP contribution in [0.15, 0.2) is 42.5 Å². The van der Waals surface area contributed by atoms with Crippen molar-refractivity contribution < 1.29 is 4.74 Å². The van der Waals surface area contributed by atoms with Crippen LogP contribution in [0.5, 0.6) is 5.75 Å². The molecule has 3 rings (SSSR count). The number of ether oxygens (including phenoxy) is 1. The van der Waals surface area contributed by atoms with E-state index in [0.717, 1.165) is 24.0 Å². The lowest BCUT2D eigenvalue weighted by Crippen LogP contribution is -2.13. The zero-order valence-corrected chi connectivity index (χ0v) is 22.0. The van der Waals surface area contributed by atoms with Gasteiger partial charge in [-0.3, -0.25) is 0 Å². The van der Waals surface area contributed by atoms with Crippen molar-refractivity contribution in [2.45, 2.75) is 103 Å². The van der Waals surface area contributed by atoms with Crippen LogP contribution < -0.4 is 4.74 Å². The molecule has 1 aliphatic rings. The largest absolute Gasteiger partial charge is 0.490 e. The van der Waals surface area contributed by atoms with Crippen molar-refractivity contribution in [3.05, 3.63) is 51.6 Å². The van der Waals surface area contributed by atoms with Gasteiger partial charge in [-0.2, -0.15) is 0 Å². The zero-order chi connectivity index (χ0) is 22.1.